The molecule has 0 aliphatic rings. The molecule has 0 radical (unpaired) electrons. The summed E-state index contributed by atoms with van der Waals surface area (Å²) in [6.07, 6.45) is 3.34. The second-order valence-electron chi connectivity index (χ2n) is 5.92. The molecule has 23 heavy (non-hydrogen) atoms. The van der Waals surface area contributed by atoms with Crippen LogP contribution in [0, 0.1) is 13.8 Å². The summed E-state index contributed by atoms with van der Waals surface area (Å²) in [5, 5.41) is 6.98. The highest BCUT2D eigenvalue weighted by Crippen LogP contribution is 2.18. The number of carbonyl (C=O) groups is 1. The second kappa shape index (κ2) is 6.20. The zero-order valence-corrected chi connectivity index (χ0v) is 13.5. The Morgan fingerprint density at radius 3 is 2.96 bits per heavy atom. The number of rotatable bonds is 5. The van der Waals surface area contributed by atoms with Crippen LogP contribution < -0.4 is 5.32 Å². The lowest BCUT2D eigenvalue weighted by molar-refractivity contribution is -0.121. The molecule has 2 aromatic heterocycles. The number of nitrogens with one attached hydrogen (secondary N) is 2. The van der Waals surface area contributed by atoms with Gasteiger partial charge >= 0.3 is 0 Å². The molecule has 7 heteroatoms. The van der Waals surface area contributed by atoms with Crippen LogP contribution in [0.15, 0.2) is 24.8 Å². The minimum atomic E-state index is -0.0638. The lowest BCUT2D eigenvalue weighted by Crippen LogP contribution is -2.36. The molecule has 1 aromatic carbocycles. The molecular weight excluding hydrogens is 292 g/mol. The summed E-state index contributed by atoms with van der Waals surface area (Å²) in [7, 11) is 0. The number of amides is 1. The normalized spacial score (nSPS) is 12.5. The van der Waals surface area contributed by atoms with Gasteiger partial charge in [0, 0.05) is 6.04 Å². The number of carbonyl (C=O) groups excluding carboxylic acids is 1. The Balaban J connectivity index is 1.64. The molecule has 0 spiro atoms. The van der Waals surface area contributed by atoms with E-state index in [9.17, 15) is 4.79 Å². The molecule has 1 atom stereocenters. The number of hydrogen-bond donors (Lipinski definition) is 2. The average Bonchev–Trinajstić information content (AvgIpc) is 3.07. The third kappa shape index (κ3) is 3.56. The van der Waals surface area contributed by atoms with Crippen LogP contribution in [-0.2, 0) is 17.8 Å². The van der Waals surface area contributed by atoms with E-state index in [2.05, 4.69) is 31.4 Å². The van der Waals surface area contributed by atoms with E-state index >= 15 is 0 Å². The molecule has 0 bridgehead atoms. The predicted octanol–water partition coefficient (Wildman–Crippen LogP) is 1.52. The Morgan fingerprint density at radius 2 is 2.22 bits per heavy atom. The van der Waals surface area contributed by atoms with Gasteiger partial charge in [-0.3, -0.25) is 9.48 Å². The summed E-state index contributed by atoms with van der Waals surface area (Å²) >= 11 is 0. The lowest BCUT2D eigenvalue weighted by atomic mass is 10.1. The van der Waals surface area contributed by atoms with Gasteiger partial charge in [0.1, 0.15) is 18.5 Å². The highest BCUT2D eigenvalue weighted by Gasteiger charge is 2.12. The van der Waals surface area contributed by atoms with Gasteiger partial charge in [-0.1, -0.05) is 6.07 Å². The van der Waals surface area contributed by atoms with Gasteiger partial charge in [0.25, 0.3) is 0 Å². The molecule has 7 nitrogen and oxygen atoms in total. The van der Waals surface area contributed by atoms with E-state index < -0.39 is 0 Å². The van der Waals surface area contributed by atoms with Crippen LogP contribution in [0.4, 0.5) is 0 Å². The van der Waals surface area contributed by atoms with Gasteiger partial charge in [-0.05, 0) is 38.0 Å². The van der Waals surface area contributed by atoms with E-state index in [0.29, 0.717) is 12.4 Å². The third-order valence-corrected chi connectivity index (χ3v) is 3.63. The minimum Gasteiger partial charge on any atom is -0.351 e. The summed E-state index contributed by atoms with van der Waals surface area (Å²) < 4.78 is 1.69. The number of imidazole rings is 1. The molecule has 0 saturated heterocycles. The second-order valence-corrected chi connectivity index (χ2v) is 5.92. The molecule has 0 aliphatic heterocycles. The van der Waals surface area contributed by atoms with E-state index in [1.807, 2.05) is 26.8 Å². The van der Waals surface area contributed by atoms with E-state index in [0.717, 1.165) is 16.6 Å². The number of benzene rings is 1. The summed E-state index contributed by atoms with van der Waals surface area (Å²) in [5.74, 6) is 0.616. The lowest BCUT2D eigenvalue weighted by Gasteiger charge is -2.12. The zero-order valence-electron chi connectivity index (χ0n) is 13.5. The van der Waals surface area contributed by atoms with Crippen LogP contribution in [0.3, 0.4) is 0 Å². The quantitative estimate of drug-likeness (QED) is 0.747. The van der Waals surface area contributed by atoms with E-state index in [1.165, 1.54) is 11.9 Å². The van der Waals surface area contributed by atoms with Crippen LogP contribution in [0.25, 0.3) is 11.0 Å². The summed E-state index contributed by atoms with van der Waals surface area (Å²) in [5.41, 5.74) is 4.19. The Labute approximate surface area is 134 Å². The van der Waals surface area contributed by atoms with Gasteiger partial charge in [0.05, 0.1) is 24.0 Å². The molecule has 2 heterocycles. The molecular formula is C16H20N6O. The summed E-state index contributed by atoms with van der Waals surface area (Å²) in [6, 6.07) is 4.11. The molecule has 3 rings (SSSR count). The SMILES string of the molecule is Cc1cc(C)c2nc(CC(=O)NC(C)Cn3cncn3)[nH]c2c1. The largest absolute Gasteiger partial charge is 0.351 e. The average molecular weight is 312 g/mol. The standard InChI is InChI=1S/C16H20N6O/c1-10-4-11(2)16-13(5-10)20-14(21-16)6-15(23)19-12(3)7-22-9-17-8-18-22/h4-5,8-9,12H,6-7H2,1-3H3,(H,19,23)(H,20,21). The smallest absolute Gasteiger partial charge is 0.227 e. The molecule has 0 fully saturated rings. The fourth-order valence-electron chi connectivity index (χ4n) is 2.74. The fourth-order valence-corrected chi connectivity index (χ4v) is 2.74. The molecule has 0 aliphatic carbocycles. The van der Waals surface area contributed by atoms with Crippen molar-refractivity contribution >= 4 is 16.9 Å². The van der Waals surface area contributed by atoms with Gasteiger partial charge in [0.15, 0.2) is 0 Å². The summed E-state index contributed by atoms with van der Waals surface area (Å²) in [6.45, 7) is 6.60. The van der Waals surface area contributed by atoms with E-state index in [4.69, 9.17) is 0 Å². The minimum absolute atomic E-state index is 0.0300. The molecule has 2 N–H and O–H groups in total. The van der Waals surface area contributed by atoms with Crippen LogP contribution >= 0.6 is 0 Å². The highest BCUT2D eigenvalue weighted by molar-refractivity contribution is 5.82. The van der Waals surface area contributed by atoms with Crippen LogP contribution in [0.5, 0.6) is 0 Å². The molecule has 120 valence electrons. The van der Waals surface area contributed by atoms with Gasteiger partial charge in [-0.15, -0.1) is 0 Å². The van der Waals surface area contributed by atoms with Crippen molar-refractivity contribution in [3.05, 3.63) is 41.7 Å². The Hall–Kier alpha value is -2.70. The maximum atomic E-state index is 12.2. The molecule has 1 unspecified atom stereocenters. The van der Waals surface area contributed by atoms with Gasteiger partial charge in [0.2, 0.25) is 5.91 Å². The molecule has 0 saturated carbocycles. The summed E-state index contributed by atoms with van der Waals surface area (Å²) in [4.78, 5) is 23.8. The number of fused-ring (bicyclic) bond motifs is 1. The van der Waals surface area contributed by atoms with Crippen molar-refractivity contribution in [1.82, 2.24) is 30.0 Å². The number of aromatic nitrogens is 5. The van der Waals surface area contributed by atoms with Gasteiger partial charge < -0.3 is 10.3 Å². The van der Waals surface area contributed by atoms with Crippen molar-refractivity contribution in [2.45, 2.75) is 39.8 Å². The number of aromatic amines is 1. The first-order valence-corrected chi connectivity index (χ1v) is 7.59. The van der Waals surface area contributed by atoms with Gasteiger partial charge in [-0.25, -0.2) is 9.97 Å². The van der Waals surface area contributed by atoms with Crippen LogP contribution in [-0.4, -0.2) is 36.7 Å². The fraction of sp³-hybridized carbons (Fsp3) is 0.375. The van der Waals surface area contributed by atoms with Crippen molar-refractivity contribution < 1.29 is 4.79 Å². The zero-order chi connectivity index (χ0) is 16.4. The maximum Gasteiger partial charge on any atom is 0.227 e. The highest BCUT2D eigenvalue weighted by atomic mass is 16.1. The molecule has 3 aromatic rings. The topological polar surface area (TPSA) is 88.5 Å². The van der Waals surface area contributed by atoms with E-state index in [1.54, 1.807) is 11.0 Å². The van der Waals surface area contributed by atoms with Crippen LogP contribution in [0.1, 0.15) is 23.9 Å². The van der Waals surface area contributed by atoms with Crippen molar-refractivity contribution in [2.75, 3.05) is 0 Å². The number of aryl methyl sites for hydroxylation is 2. The number of nitrogens with zero attached hydrogens (tertiary/aromatic N) is 4. The predicted molar refractivity (Wildman–Crippen MR) is 86.9 cm³/mol. The maximum absolute atomic E-state index is 12.2. The Kier molecular flexibility index (Phi) is 4.10. The first-order chi connectivity index (χ1) is 11.0. The number of hydrogen-bond acceptors (Lipinski definition) is 4. The first-order valence-electron chi connectivity index (χ1n) is 7.59. The Bertz CT molecular complexity index is 821. The van der Waals surface area contributed by atoms with Crippen molar-refractivity contribution in [3.8, 4) is 0 Å². The molecule has 1 amide bonds. The van der Waals surface area contributed by atoms with Crippen molar-refractivity contribution in [2.24, 2.45) is 0 Å². The monoisotopic (exact) mass is 312 g/mol. The Morgan fingerprint density at radius 1 is 1.39 bits per heavy atom. The number of H-pyrrole nitrogens is 1. The third-order valence-electron chi connectivity index (χ3n) is 3.63. The van der Waals surface area contributed by atoms with Crippen LogP contribution in [0.2, 0.25) is 0 Å². The van der Waals surface area contributed by atoms with Crippen molar-refractivity contribution in [1.29, 1.82) is 0 Å². The van der Waals surface area contributed by atoms with Crippen molar-refractivity contribution in [3.63, 3.8) is 0 Å². The van der Waals surface area contributed by atoms with Gasteiger partial charge in [-0.2, -0.15) is 5.10 Å². The van der Waals surface area contributed by atoms with E-state index in [-0.39, 0.29) is 18.4 Å². The first kappa shape index (κ1) is 15.2.